The van der Waals surface area contributed by atoms with E-state index in [0.29, 0.717) is 0 Å². The summed E-state index contributed by atoms with van der Waals surface area (Å²) in [4.78, 5) is 0. The molecule has 4 aromatic rings. The van der Waals surface area contributed by atoms with Gasteiger partial charge in [-0.25, -0.2) is 0 Å². The van der Waals surface area contributed by atoms with E-state index < -0.39 is 0 Å². The molecule has 0 amide bonds. The average Bonchev–Trinajstić information content (AvgIpc) is 2.66. The highest BCUT2D eigenvalue weighted by atomic mass is 14.1. The molecule has 0 saturated heterocycles. The van der Waals surface area contributed by atoms with E-state index in [1.54, 1.807) is 0 Å². The first-order valence-corrected chi connectivity index (χ1v) is 8.05. The maximum Gasteiger partial charge on any atom is 0.0248 e. The third-order valence-corrected chi connectivity index (χ3v) is 4.14. The predicted molar refractivity (Wildman–Crippen MR) is 104 cm³/mol. The van der Waals surface area contributed by atoms with Gasteiger partial charge in [0.2, 0.25) is 0 Å². The SMILES string of the molecule is C(#Cc1ccccc1)/C=C\c1cc2ccccc2c2ccccc12. The summed E-state index contributed by atoms with van der Waals surface area (Å²) < 4.78 is 0. The lowest BCUT2D eigenvalue weighted by Gasteiger charge is -2.07. The summed E-state index contributed by atoms with van der Waals surface area (Å²) in [6.45, 7) is 0. The van der Waals surface area contributed by atoms with Crippen molar-refractivity contribution in [2.45, 2.75) is 0 Å². The van der Waals surface area contributed by atoms with Crippen LogP contribution >= 0.6 is 0 Å². The molecular weight excluding hydrogens is 288 g/mol. The summed E-state index contributed by atoms with van der Waals surface area (Å²) >= 11 is 0. The van der Waals surface area contributed by atoms with Crippen LogP contribution in [0, 0.1) is 11.8 Å². The Balaban J connectivity index is 1.78. The van der Waals surface area contributed by atoms with Crippen LogP contribution in [0.15, 0.2) is 91.0 Å². The molecule has 0 nitrogen and oxygen atoms in total. The van der Waals surface area contributed by atoms with Gasteiger partial charge < -0.3 is 0 Å². The molecule has 0 aromatic heterocycles. The second kappa shape index (κ2) is 6.44. The first-order valence-electron chi connectivity index (χ1n) is 8.05. The van der Waals surface area contributed by atoms with E-state index in [1.165, 1.54) is 27.1 Å². The zero-order valence-corrected chi connectivity index (χ0v) is 13.2. The Kier molecular flexibility index (Phi) is 3.84. The van der Waals surface area contributed by atoms with Crippen molar-refractivity contribution in [1.29, 1.82) is 0 Å². The number of hydrogen-bond donors (Lipinski definition) is 0. The van der Waals surface area contributed by atoms with Crippen molar-refractivity contribution < 1.29 is 0 Å². The van der Waals surface area contributed by atoms with E-state index >= 15 is 0 Å². The average molecular weight is 304 g/mol. The second-order valence-electron chi connectivity index (χ2n) is 5.70. The molecule has 0 bridgehead atoms. The molecule has 112 valence electrons. The lowest BCUT2D eigenvalue weighted by atomic mass is 9.97. The zero-order chi connectivity index (χ0) is 16.2. The van der Waals surface area contributed by atoms with Gasteiger partial charge in [0.1, 0.15) is 0 Å². The molecule has 0 radical (unpaired) electrons. The van der Waals surface area contributed by atoms with Crippen LogP contribution in [0.5, 0.6) is 0 Å². The molecule has 0 aliphatic rings. The third-order valence-electron chi connectivity index (χ3n) is 4.14. The zero-order valence-electron chi connectivity index (χ0n) is 13.2. The highest BCUT2D eigenvalue weighted by molar-refractivity contribution is 6.10. The minimum Gasteiger partial charge on any atom is -0.0696 e. The highest BCUT2D eigenvalue weighted by Crippen LogP contribution is 2.29. The Morgan fingerprint density at radius 2 is 1.29 bits per heavy atom. The van der Waals surface area contributed by atoms with Crippen molar-refractivity contribution in [2.24, 2.45) is 0 Å². The number of rotatable bonds is 1. The van der Waals surface area contributed by atoms with Gasteiger partial charge in [-0.05, 0) is 57.5 Å². The van der Waals surface area contributed by atoms with Crippen molar-refractivity contribution in [3.63, 3.8) is 0 Å². The first kappa shape index (κ1) is 14.3. The Hall–Kier alpha value is -3.30. The summed E-state index contributed by atoms with van der Waals surface area (Å²) in [6.07, 6.45) is 4.04. The Morgan fingerprint density at radius 3 is 2.12 bits per heavy atom. The van der Waals surface area contributed by atoms with Gasteiger partial charge in [0.05, 0.1) is 0 Å². The van der Waals surface area contributed by atoms with Crippen molar-refractivity contribution in [2.75, 3.05) is 0 Å². The number of fused-ring (bicyclic) bond motifs is 3. The van der Waals surface area contributed by atoms with Gasteiger partial charge in [-0.3, -0.25) is 0 Å². The Labute approximate surface area is 142 Å². The molecule has 0 unspecified atom stereocenters. The van der Waals surface area contributed by atoms with E-state index in [1.807, 2.05) is 36.4 Å². The molecule has 0 aliphatic carbocycles. The quantitative estimate of drug-likeness (QED) is 0.296. The van der Waals surface area contributed by atoms with Gasteiger partial charge in [0, 0.05) is 5.56 Å². The minimum absolute atomic E-state index is 1.03. The van der Waals surface area contributed by atoms with Crippen LogP contribution in [0.1, 0.15) is 11.1 Å². The molecule has 0 heteroatoms. The summed E-state index contributed by atoms with van der Waals surface area (Å²) in [7, 11) is 0. The van der Waals surface area contributed by atoms with Crippen LogP contribution in [0.2, 0.25) is 0 Å². The van der Waals surface area contributed by atoms with Gasteiger partial charge in [0.25, 0.3) is 0 Å². The van der Waals surface area contributed by atoms with Gasteiger partial charge in [0.15, 0.2) is 0 Å². The molecule has 0 aliphatic heterocycles. The number of hydrogen-bond acceptors (Lipinski definition) is 0. The minimum atomic E-state index is 1.03. The van der Waals surface area contributed by atoms with Crippen LogP contribution < -0.4 is 0 Å². The second-order valence-corrected chi connectivity index (χ2v) is 5.70. The van der Waals surface area contributed by atoms with Crippen molar-refractivity contribution >= 4 is 27.6 Å². The number of benzene rings is 4. The lowest BCUT2D eigenvalue weighted by Crippen LogP contribution is -1.82. The van der Waals surface area contributed by atoms with E-state index in [-0.39, 0.29) is 0 Å². The summed E-state index contributed by atoms with van der Waals surface area (Å²) in [5.74, 6) is 6.30. The molecule has 24 heavy (non-hydrogen) atoms. The van der Waals surface area contributed by atoms with Crippen LogP contribution in [0.25, 0.3) is 27.6 Å². The molecule has 0 atom stereocenters. The van der Waals surface area contributed by atoms with Crippen LogP contribution in [0.3, 0.4) is 0 Å². The van der Waals surface area contributed by atoms with E-state index in [4.69, 9.17) is 0 Å². The van der Waals surface area contributed by atoms with E-state index in [9.17, 15) is 0 Å². The normalized spacial score (nSPS) is 10.8. The van der Waals surface area contributed by atoms with Crippen molar-refractivity contribution in [1.82, 2.24) is 0 Å². The highest BCUT2D eigenvalue weighted by Gasteiger charge is 2.03. The van der Waals surface area contributed by atoms with Gasteiger partial charge in [-0.15, -0.1) is 0 Å². The molecule has 0 N–H and O–H groups in total. The Bertz CT molecular complexity index is 1090. The molecular formula is C24H16. The Morgan fingerprint density at radius 1 is 0.625 bits per heavy atom. The predicted octanol–water partition coefficient (Wildman–Crippen LogP) is 6.06. The fourth-order valence-corrected chi connectivity index (χ4v) is 3.00. The largest absolute Gasteiger partial charge is 0.0696 e. The number of allylic oxidation sites excluding steroid dienone is 1. The molecule has 4 rings (SSSR count). The molecule has 4 aromatic carbocycles. The smallest absolute Gasteiger partial charge is 0.0248 e. The standard InChI is InChI=1S/C24H16/c1-2-10-19(11-3-1)12-4-5-13-20-18-21-14-6-7-15-22(21)24-17-9-8-16-23(20)24/h1-3,5-11,13-18H/b13-5-. The summed E-state index contributed by atoms with van der Waals surface area (Å²) in [5, 5.41) is 5.09. The molecule has 0 spiro atoms. The van der Waals surface area contributed by atoms with Crippen LogP contribution in [-0.2, 0) is 0 Å². The summed E-state index contributed by atoms with van der Waals surface area (Å²) in [6, 6.07) is 29.3. The van der Waals surface area contributed by atoms with E-state index in [2.05, 4.69) is 72.5 Å². The monoisotopic (exact) mass is 304 g/mol. The maximum absolute atomic E-state index is 3.16. The topological polar surface area (TPSA) is 0 Å². The fourth-order valence-electron chi connectivity index (χ4n) is 3.00. The van der Waals surface area contributed by atoms with Crippen LogP contribution in [0.4, 0.5) is 0 Å². The lowest BCUT2D eigenvalue weighted by molar-refractivity contribution is 1.65. The van der Waals surface area contributed by atoms with Crippen LogP contribution in [-0.4, -0.2) is 0 Å². The van der Waals surface area contributed by atoms with Gasteiger partial charge in [-0.2, -0.15) is 0 Å². The van der Waals surface area contributed by atoms with Gasteiger partial charge in [-0.1, -0.05) is 78.6 Å². The third kappa shape index (κ3) is 2.81. The molecule has 0 heterocycles. The maximum atomic E-state index is 3.16. The summed E-state index contributed by atoms with van der Waals surface area (Å²) in [5.41, 5.74) is 2.23. The fraction of sp³-hybridized carbons (Fsp3) is 0. The van der Waals surface area contributed by atoms with Gasteiger partial charge >= 0.3 is 0 Å². The first-order chi connectivity index (χ1) is 11.9. The van der Waals surface area contributed by atoms with E-state index in [0.717, 1.165) is 5.56 Å². The molecule has 0 fully saturated rings. The molecule has 0 saturated carbocycles. The van der Waals surface area contributed by atoms with Crippen molar-refractivity contribution in [3.05, 3.63) is 102 Å². The van der Waals surface area contributed by atoms with Crippen molar-refractivity contribution in [3.8, 4) is 11.8 Å².